The molecular weight excluding hydrogens is 700 g/mol. The molecule has 2 N–H and O–H groups in total. The molecule has 0 radical (unpaired) electrons. The van der Waals surface area contributed by atoms with E-state index in [0.717, 1.165) is 57.8 Å². The van der Waals surface area contributed by atoms with Crippen molar-refractivity contribution in [3.63, 3.8) is 0 Å². The van der Waals surface area contributed by atoms with Crippen LogP contribution in [0.1, 0.15) is 92.4 Å². The number of amides is 2. The molecule has 0 aliphatic heterocycles. The Labute approximate surface area is 312 Å². The van der Waals surface area contributed by atoms with E-state index in [2.05, 4.69) is 10.6 Å². The van der Waals surface area contributed by atoms with Crippen LogP contribution in [0.5, 0.6) is 0 Å². The third-order valence-corrected chi connectivity index (χ3v) is 9.35. The molecule has 2 rings (SSSR count). The minimum Gasteiger partial charge on any atom is -0.461 e. The van der Waals surface area contributed by atoms with Crippen LogP contribution in [0.2, 0.25) is 0 Å². The van der Waals surface area contributed by atoms with E-state index >= 15 is 0 Å². The van der Waals surface area contributed by atoms with Crippen LogP contribution in [0.25, 0.3) is 0 Å². The molecule has 2 aliphatic carbocycles. The van der Waals surface area contributed by atoms with E-state index < -0.39 is 60.5 Å². The summed E-state index contributed by atoms with van der Waals surface area (Å²) in [5.74, 6) is -1.98. The standard InChI is InChI=1S/C36H60N2O15/c1-22(45-6)21-50-35(43)37-29-12-8-27(9-13-29)20-28-10-14-30(15-11-28)38-36(44)53-26(5)34(42)52-25(4)32(40)49-19-17-47-16-18-48-31(39)24(3)51-33(41)23(2)46-7/h22-30H,8-21H2,1-7H3,(H,37,43)(H,38,44). The van der Waals surface area contributed by atoms with Crippen LogP contribution < -0.4 is 10.6 Å². The van der Waals surface area contributed by atoms with Gasteiger partial charge in [-0.15, -0.1) is 0 Å². The van der Waals surface area contributed by atoms with Crippen molar-refractivity contribution in [2.24, 2.45) is 11.8 Å². The number of carbonyl (C=O) groups excluding carboxylic acids is 6. The van der Waals surface area contributed by atoms with Gasteiger partial charge in [0.1, 0.15) is 19.8 Å². The number of nitrogens with one attached hydrogen (secondary N) is 2. The van der Waals surface area contributed by atoms with Gasteiger partial charge in [0, 0.05) is 26.3 Å². The molecule has 2 aliphatic rings. The third kappa shape index (κ3) is 18.3. The van der Waals surface area contributed by atoms with Gasteiger partial charge in [0.05, 0.1) is 19.3 Å². The highest BCUT2D eigenvalue weighted by atomic mass is 16.6. The number of rotatable bonds is 21. The minimum absolute atomic E-state index is 0.00172. The van der Waals surface area contributed by atoms with E-state index in [1.54, 1.807) is 7.11 Å². The van der Waals surface area contributed by atoms with Crippen molar-refractivity contribution in [1.82, 2.24) is 10.6 Å². The molecule has 2 saturated carbocycles. The Hall–Kier alpha value is -3.70. The smallest absolute Gasteiger partial charge is 0.408 e. The first-order valence-corrected chi connectivity index (χ1v) is 18.5. The van der Waals surface area contributed by atoms with Gasteiger partial charge in [-0.1, -0.05) is 0 Å². The second-order valence-electron chi connectivity index (χ2n) is 13.6. The second kappa shape index (κ2) is 24.6. The average Bonchev–Trinajstić information content (AvgIpc) is 3.14. The number of carbonyl (C=O) groups is 6. The largest absolute Gasteiger partial charge is 0.461 e. The molecule has 53 heavy (non-hydrogen) atoms. The first-order valence-electron chi connectivity index (χ1n) is 18.5. The molecule has 304 valence electrons. The molecule has 17 heteroatoms. The lowest BCUT2D eigenvalue weighted by molar-refractivity contribution is -0.173. The van der Waals surface area contributed by atoms with E-state index in [1.807, 2.05) is 6.92 Å². The number of alkyl carbamates (subject to hydrolysis) is 2. The number of ether oxygens (including phenoxy) is 9. The van der Waals surface area contributed by atoms with Gasteiger partial charge < -0.3 is 53.3 Å². The van der Waals surface area contributed by atoms with Crippen LogP contribution in [0.3, 0.4) is 0 Å². The third-order valence-electron chi connectivity index (χ3n) is 9.35. The molecule has 0 aromatic heterocycles. The maximum absolute atomic E-state index is 12.5. The molecule has 0 bridgehead atoms. The Balaban J connectivity index is 1.53. The fraction of sp³-hybridized carbons (Fsp3) is 0.833. The van der Waals surface area contributed by atoms with Crippen molar-refractivity contribution in [2.45, 2.75) is 135 Å². The van der Waals surface area contributed by atoms with Crippen LogP contribution in [0, 0.1) is 11.8 Å². The number of esters is 4. The van der Waals surface area contributed by atoms with Crippen molar-refractivity contribution in [2.75, 3.05) is 47.3 Å². The highest BCUT2D eigenvalue weighted by Crippen LogP contribution is 2.35. The number of hydrogen-bond acceptors (Lipinski definition) is 15. The van der Waals surface area contributed by atoms with Crippen molar-refractivity contribution in [3.8, 4) is 0 Å². The Morgan fingerprint density at radius 1 is 0.509 bits per heavy atom. The summed E-state index contributed by atoms with van der Waals surface area (Å²) in [4.78, 5) is 72.8. The van der Waals surface area contributed by atoms with Gasteiger partial charge in [0.15, 0.2) is 24.4 Å². The Morgan fingerprint density at radius 3 is 1.40 bits per heavy atom. The molecule has 0 aromatic carbocycles. The lowest BCUT2D eigenvalue weighted by Crippen LogP contribution is -2.41. The van der Waals surface area contributed by atoms with Crippen LogP contribution in [0.4, 0.5) is 9.59 Å². The van der Waals surface area contributed by atoms with Crippen LogP contribution in [0.15, 0.2) is 0 Å². The highest BCUT2D eigenvalue weighted by molar-refractivity contribution is 5.82. The van der Waals surface area contributed by atoms with Crippen LogP contribution in [-0.2, 0) is 61.8 Å². The molecule has 0 aromatic rings. The molecule has 17 nitrogen and oxygen atoms in total. The van der Waals surface area contributed by atoms with Crippen LogP contribution in [-0.4, -0.2) is 126 Å². The van der Waals surface area contributed by atoms with Crippen molar-refractivity contribution in [3.05, 3.63) is 0 Å². The van der Waals surface area contributed by atoms with Gasteiger partial charge in [0.25, 0.3) is 0 Å². The fourth-order valence-corrected chi connectivity index (χ4v) is 5.91. The number of methoxy groups -OCH3 is 2. The zero-order valence-electron chi connectivity index (χ0n) is 32.2. The van der Waals surface area contributed by atoms with E-state index in [0.29, 0.717) is 11.8 Å². The van der Waals surface area contributed by atoms with E-state index in [9.17, 15) is 28.8 Å². The number of hydrogen-bond donors (Lipinski definition) is 2. The summed E-state index contributed by atoms with van der Waals surface area (Å²) in [5, 5.41) is 5.80. The summed E-state index contributed by atoms with van der Waals surface area (Å²) in [6.45, 7) is 7.32. The first-order chi connectivity index (χ1) is 25.2. The predicted molar refractivity (Wildman–Crippen MR) is 186 cm³/mol. The SMILES string of the molecule is COC(C)COC(=O)NC1CCC(CC2CCC(NC(=O)OC(C)C(=O)OC(C)C(=O)OCCOCCOC(=O)C(C)OC(=O)C(C)OC)CC2)CC1. The maximum Gasteiger partial charge on any atom is 0.408 e. The summed E-state index contributed by atoms with van der Waals surface area (Å²) in [5.41, 5.74) is 0. The zero-order valence-corrected chi connectivity index (χ0v) is 32.2. The van der Waals surface area contributed by atoms with Crippen molar-refractivity contribution in [1.29, 1.82) is 0 Å². The van der Waals surface area contributed by atoms with Gasteiger partial charge in [-0.25, -0.2) is 28.8 Å². The summed E-state index contributed by atoms with van der Waals surface area (Å²) >= 11 is 0. The molecule has 0 saturated heterocycles. The van der Waals surface area contributed by atoms with E-state index in [4.69, 9.17) is 42.6 Å². The average molecular weight is 761 g/mol. The summed E-state index contributed by atoms with van der Waals surface area (Å²) in [6, 6.07) is 0.0707. The second-order valence-corrected chi connectivity index (χ2v) is 13.6. The molecule has 5 atom stereocenters. The summed E-state index contributed by atoms with van der Waals surface area (Å²) in [7, 11) is 2.92. The van der Waals surface area contributed by atoms with Gasteiger partial charge >= 0.3 is 36.1 Å². The molecular formula is C36H60N2O15. The quantitative estimate of drug-likeness (QED) is 0.0976. The summed E-state index contributed by atoms with van der Waals surface area (Å²) < 4.78 is 45.6. The normalized spacial score (nSPS) is 22.8. The van der Waals surface area contributed by atoms with Crippen molar-refractivity contribution < 1.29 is 71.4 Å². The van der Waals surface area contributed by atoms with E-state index in [-0.39, 0.29) is 51.2 Å². The monoisotopic (exact) mass is 760 g/mol. The predicted octanol–water partition coefficient (Wildman–Crippen LogP) is 3.37. The zero-order chi connectivity index (χ0) is 39.3. The first kappa shape index (κ1) is 45.5. The van der Waals surface area contributed by atoms with E-state index in [1.165, 1.54) is 34.8 Å². The lowest BCUT2D eigenvalue weighted by Gasteiger charge is -2.34. The fourth-order valence-electron chi connectivity index (χ4n) is 5.91. The molecule has 2 amide bonds. The van der Waals surface area contributed by atoms with Gasteiger partial charge in [-0.2, -0.15) is 0 Å². The lowest BCUT2D eigenvalue weighted by atomic mass is 9.76. The molecule has 5 unspecified atom stereocenters. The van der Waals surface area contributed by atoms with Gasteiger partial charge in [-0.3, -0.25) is 0 Å². The molecule has 0 spiro atoms. The maximum atomic E-state index is 12.5. The van der Waals surface area contributed by atoms with Gasteiger partial charge in [-0.05, 0) is 104 Å². The Morgan fingerprint density at radius 2 is 0.943 bits per heavy atom. The summed E-state index contributed by atoms with van der Waals surface area (Å²) in [6.07, 6.45) is 2.98. The highest BCUT2D eigenvalue weighted by Gasteiger charge is 2.30. The van der Waals surface area contributed by atoms with Crippen molar-refractivity contribution >= 4 is 36.1 Å². The molecule has 0 heterocycles. The Bertz CT molecular complexity index is 1150. The molecule has 2 fully saturated rings. The topological polar surface area (TPSA) is 210 Å². The minimum atomic E-state index is -1.25. The van der Waals surface area contributed by atoms with Crippen LogP contribution >= 0.6 is 0 Å². The van der Waals surface area contributed by atoms with Gasteiger partial charge in [0.2, 0.25) is 0 Å². The Kier molecular flexibility index (Phi) is 21.1.